The number of para-hydroxylation sites is 1. The van der Waals surface area contributed by atoms with Crippen molar-refractivity contribution in [2.75, 3.05) is 18.4 Å². The molecule has 1 aliphatic heterocycles. The molecule has 1 fully saturated rings. The highest BCUT2D eigenvalue weighted by atomic mass is 32.1. The van der Waals surface area contributed by atoms with E-state index in [9.17, 15) is 0 Å². The van der Waals surface area contributed by atoms with Crippen LogP contribution in [0, 0.1) is 20.8 Å². The summed E-state index contributed by atoms with van der Waals surface area (Å²) in [6, 6.07) is 27.5. The first-order valence-electron chi connectivity index (χ1n) is 12.6. The first-order chi connectivity index (χ1) is 17.5. The third-order valence-electron chi connectivity index (χ3n) is 6.93. The van der Waals surface area contributed by atoms with Crippen LogP contribution in [0.4, 0.5) is 5.69 Å². The molecule has 6 heteroatoms. The Balaban J connectivity index is 1.46. The SMILES string of the molecule is Cc1cccc(-n2c(C)cc([C@@H]3[C@@H](c4ccccn4)NC(=S)N3CCCNc3ccccc3)c2C)c1. The second-order valence-corrected chi connectivity index (χ2v) is 9.85. The summed E-state index contributed by atoms with van der Waals surface area (Å²) in [5.74, 6) is 0. The van der Waals surface area contributed by atoms with Gasteiger partial charge >= 0.3 is 0 Å². The first-order valence-corrected chi connectivity index (χ1v) is 13.0. The van der Waals surface area contributed by atoms with Crippen LogP contribution in [-0.2, 0) is 0 Å². The summed E-state index contributed by atoms with van der Waals surface area (Å²) < 4.78 is 2.36. The monoisotopic (exact) mass is 495 g/mol. The Morgan fingerprint density at radius 2 is 1.75 bits per heavy atom. The number of rotatable bonds is 8. The maximum atomic E-state index is 5.89. The number of nitrogens with zero attached hydrogens (tertiary/aromatic N) is 3. The zero-order valence-corrected chi connectivity index (χ0v) is 21.9. The van der Waals surface area contributed by atoms with E-state index in [2.05, 4.69) is 102 Å². The van der Waals surface area contributed by atoms with E-state index in [0.717, 1.165) is 36.0 Å². The van der Waals surface area contributed by atoms with E-state index in [-0.39, 0.29) is 12.1 Å². The van der Waals surface area contributed by atoms with Crippen molar-refractivity contribution in [3.8, 4) is 5.69 Å². The number of benzene rings is 2. The van der Waals surface area contributed by atoms with Gasteiger partial charge in [0, 0.05) is 42.0 Å². The van der Waals surface area contributed by atoms with E-state index in [4.69, 9.17) is 17.2 Å². The Labute approximate surface area is 219 Å². The molecular formula is C30H33N5S. The van der Waals surface area contributed by atoms with Crippen LogP contribution in [0.15, 0.2) is 85.1 Å². The van der Waals surface area contributed by atoms with Gasteiger partial charge in [-0.05, 0) is 93.0 Å². The molecule has 4 aromatic rings. The molecule has 5 nitrogen and oxygen atoms in total. The average Bonchev–Trinajstić information content (AvgIpc) is 3.37. The van der Waals surface area contributed by atoms with Gasteiger partial charge in [0.15, 0.2) is 5.11 Å². The molecule has 0 bridgehead atoms. The van der Waals surface area contributed by atoms with E-state index in [1.54, 1.807) is 0 Å². The summed E-state index contributed by atoms with van der Waals surface area (Å²) in [4.78, 5) is 7.05. The standard InChI is InChI=1S/C30H33N5S/c1-21-11-9-14-25(19-21)35-22(2)20-26(23(35)3)29-28(27-15-7-8-16-32-27)33-30(36)34(29)18-10-17-31-24-12-5-4-6-13-24/h4-9,11-16,19-20,28-29,31H,10,17-18H2,1-3H3,(H,33,36)/t28-,29-/m1/s1. The lowest BCUT2D eigenvalue weighted by Crippen LogP contribution is -2.31. The van der Waals surface area contributed by atoms with Crippen molar-refractivity contribution in [3.63, 3.8) is 0 Å². The van der Waals surface area contributed by atoms with Crippen molar-refractivity contribution in [1.82, 2.24) is 19.8 Å². The molecule has 184 valence electrons. The number of aromatic nitrogens is 2. The molecular weight excluding hydrogens is 462 g/mol. The third kappa shape index (κ3) is 4.86. The van der Waals surface area contributed by atoms with Gasteiger partial charge in [-0.15, -0.1) is 0 Å². The highest BCUT2D eigenvalue weighted by molar-refractivity contribution is 7.80. The highest BCUT2D eigenvalue weighted by Crippen LogP contribution is 2.41. The maximum absolute atomic E-state index is 5.89. The van der Waals surface area contributed by atoms with Gasteiger partial charge in [-0.1, -0.05) is 36.4 Å². The van der Waals surface area contributed by atoms with Crippen LogP contribution in [0.1, 0.15) is 46.7 Å². The molecule has 3 heterocycles. The summed E-state index contributed by atoms with van der Waals surface area (Å²) >= 11 is 5.89. The molecule has 2 atom stereocenters. The largest absolute Gasteiger partial charge is 0.385 e. The minimum Gasteiger partial charge on any atom is -0.385 e. The predicted molar refractivity (Wildman–Crippen MR) is 152 cm³/mol. The van der Waals surface area contributed by atoms with Crippen molar-refractivity contribution < 1.29 is 0 Å². The number of hydrogen-bond donors (Lipinski definition) is 2. The van der Waals surface area contributed by atoms with Gasteiger partial charge in [0.05, 0.1) is 17.8 Å². The molecule has 1 saturated heterocycles. The van der Waals surface area contributed by atoms with Crippen LogP contribution < -0.4 is 10.6 Å². The molecule has 0 spiro atoms. The zero-order chi connectivity index (χ0) is 25.1. The quantitative estimate of drug-likeness (QED) is 0.223. The van der Waals surface area contributed by atoms with Gasteiger partial charge in [0.25, 0.3) is 0 Å². The van der Waals surface area contributed by atoms with Crippen molar-refractivity contribution >= 4 is 23.0 Å². The Morgan fingerprint density at radius 1 is 0.944 bits per heavy atom. The van der Waals surface area contributed by atoms with E-state index in [1.807, 2.05) is 24.4 Å². The predicted octanol–water partition coefficient (Wildman–Crippen LogP) is 6.27. The molecule has 2 aromatic carbocycles. The van der Waals surface area contributed by atoms with Gasteiger partial charge in [0.2, 0.25) is 0 Å². The van der Waals surface area contributed by atoms with Gasteiger partial charge in [-0.3, -0.25) is 4.98 Å². The van der Waals surface area contributed by atoms with Gasteiger partial charge in [-0.25, -0.2) is 0 Å². The van der Waals surface area contributed by atoms with Crippen molar-refractivity contribution in [2.45, 2.75) is 39.3 Å². The summed E-state index contributed by atoms with van der Waals surface area (Å²) in [6.07, 6.45) is 2.83. The topological polar surface area (TPSA) is 45.1 Å². The van der Waals surface area contributed by atoms with Gasteiger partial charge in [0.1, 0.15) is 0 Å². The van der Waals surface area contributed by atoms with E-state index < -0.39 is 0 Å². The second-order valence-electron chi connectivity index (χ2n) is 9.47. The van der Waals surface area contributed by atoms with Gasteiger partial charge in [-0.2, -0.15) is 0 Å². The van der Waals surface area contributed by atoms with Gasteiger partial charge < -0.3 is 20.1 Å². The number of aryl methyl sites for hydroxylation is 2. The lowest BCUT2D eigenvalue weighted by atomic mass is 9.96. The molecule has 0 amide bonds. The van der Waals surface area contributed by atoms with Crippen LogP contribution in [-0.4, -0.2) is 32.7 Å². The smallest absolute Gasteiger partial charge is 0.170 e. The van der Waals surface area contributed by atoms with Crippen LogP contribution in [0.5, 0.6) is 0 Å². The number of thiocarbonyl (C=S) groups is 1. The number of hydrogen-bond acceptors (Lipinski definition) is 3. The Bertz CT molecular complexity index is 1330. The summed E-state index contributed by atoms with van der Waals surface area (Å²) in [5.41, 5.74) is 8.34. The van der Waals surface area contributed by atoms with Crippen LogP contribution in [0.25, 0.3) is 5.69 Å². The fourth-order valence-electron chi connectivity index (χ4n) is 5.27. The Kier molecular flexibility index (Phi) is 7.05. The minimum absolute atomic E-state index is 0.00718. The van der Waals surface area contributed by atoms with Crippen LogP contribution in [0.2, 0.25) is 0 Å². The molecule has 0 radical (unpaired) electrons. The number of nitrogens with one attached hydrogen (secondary N) is 2. The molecule has 1 aliphatic rings. The van der Waals surface area contributed by atoms with Crippen LogP contribution >= 0.6 is 12.2 Å². The lowest BCUT2D eigenvalue weighted by molar-refractivity contribution is 0.315. The molecule has 0 aliphatic carbocycles. The molecule has 5 rings (SSSR count). The zero-order valence-electron chi connectivity index (χ0n) is 21.1. The lowest BCUT2D eigenvalue weighted by Gasteiger charge is -2.28. The Morgan fingerprint density at radius 3 is 2.50 bits per heavy atom. The van der Waals surface area contributed by atoms with E-state index >= 15 is 0 Å². The molecule has 36 heavy (non-hydrogen) atoms. The van der Waals surface area contributed by atoms with E-state index in [1.165, 1.54) is 28.2 Å². The van der Waals surface area contributed by atoms with Crippen molar-refractivity contribution in [1.29, 1.82) is 0 Å². The molecule has 0 unspecified atom stereocenters. The average molecular weight is 496 g/mol. The number of anilines is 1. The Hall–Kier alpha value is -3.64. The molecule has 2 aromatic heterocycles. The van der Waals surface area contributed by atoms with Crippen LogP contribution in [0.3, 0.4) is 0 Å². The summed E-state index contributed by atoms with van der Waals surface area (Å²) in [5, 5.41) is 7.91. The van der Waals surface area contributed by atoms with E-state index in [0.29, 0.717) is 0 Å². The first kappa shape index (κ1) is 24.1. The van der Waals surface area contributed by atoms with Crippen molar-refractivity contribution in [3.05, 3.63) is 113 Å². The normalized spacial score (nSPS) is 17.3. The second kappa shape index (κ2) is 10.5. The highest BCUT2D eigenvalue weighted by Gasteiger charge is 2.41. The summed E-state index contributed by atoms with van der Waals surface area (Å²) in [7, 11) is 0. The maximum Gasteiger partial charge on any atom is 0.170 e. The molecule has 0 saturated carbocycles. The summed E-state index contributed by atoms with van der Waals surface area (Å²) in [6.45, 7) is 8.28. The fraction of sp³-hybridized carbons (Fsp3) is 0.267. The molecule has 2 N–H and O–H groups in total. The third-order valence-corrected chi connectivity index (χ3v) is 7.28. The van der Waals surface area contributed by atoms with Crippen molar-refractivity contribution in [2.24, 2.45) is 0 Å². The number of pyridine rings is 1. The fourth-order valence-corrected chi connectivity index (χ4v) is 5.61. The minimum atomic E-state index is -0.00718.